The van der Waals surface area contributed by atoms with E-state index in [0.717, 1.165) is 12.8 Å². The molecule has 1 aromatic heterocycles. The van der Waals surface area contributed by atoms with E-state index in [-0.39, 0.29) is 12.1 Å². The Morgan fingerprint density at radius 2 is 2.12 bits per heavy atom. The van der Waals surface area contributed by atoms with E-state index in [0.29, 0.717) is 5.69 Å². The van der Waals surface area contributed by atoms with Gasteiger partial charge in [0, 0.05) is 6.04 Å². The molecular formula is C11H20N4O. The van der Waals surface area contributed by atoms with Gasteiger partial charge in [0.2, 0.25) is 0 Å². The molecule has 16 heavy (non-hydrogen) atoms. The zero-order chi connectivity index (χ0) is 11.8. The van der Waals surface area contributed by atoms with E-state index in [1.807, 2.05) is 10.9 Å². The fourth-order valence-electron chi connectivity index (χ4n) is 2.19. The first-order valence-corrected chi connectivity index (χ1v) is 5.89. The fourth-order valence-corrected chi connectivity index (χ4v) is 2.19. The summed E-state index contributed by atoms with van der Waals surface area (Å²) in [6, 6.07) is 0.391. The van der Waals surface area contributed by atoms with E-state index in [4.69, 9.17) is 5.73 Å². The van der Waals surface area contributed by atoms with Gasteiger partial charge in [-0.25, -0.2) is 4.68 Å². The Morgan fingerprint density at radius 1 is 1.44 bits per heavy atom. The summed E-state index contributed by atoms with van der Waals surface area (Å²) in [5.41, 5.74) is 5.75. The van der Waals surface area contributed by atoms with Gasteiger partial charge in [0.1, 0.15) is 11.3 Å². The molecule has 90 valence electrons. The first kappa shape index (κ1) is 11.5. The SMILES string of the molecule is CC(C)(O)c1cn([C@H]2CCCC[C@H]2N)nn1. The van der Waals surface area contributed by atoms with Crippen LogP contribution < -0.4 is 5.73 Å². The topological polar surface area (TPSA) is 77.0 Å². The Morgan fingerprint density at radius 3 is 2.69 bits per heavy atom. The van der Waals surface area contributed by atoms with Crippen molar-refractivity contribution in [3.8, 4) is 0 Å². The molecule has 1 aliphatic rings. The molecule has 0 spiro atoms. The second-order valence-corrected chi connectivity index (χ2v) is 5.16. The molecule has 0 aromatic carbocycles. The second kappa shape index (κ2) is 4.14. The first-order valence-electron chi connectivity index (χ1n) is 5.89. The normalized spacial score (nSPS) is 27.0. The highest BCUT2D eigenvalue weighted by atomic mass is 16.3. The number of hydrogen-bond donors (Lipinski definition) is 2. The van der Waals surface area contributed by atoms with Gasteiger partial charge in [-0.15, -0.1) is 5.10 Å². The van der Waals surface area contributed by atoms with Crippen LogP contribution in [-0.4, -0.2) is 26.1 Å². The lowest BCUT2D eigenvalue weighted by molar-refractivity contribution is 0.0737. The van der Waals surface area contributed by atoms with E-state index in [1.54, 1.807) is 13.8 Å². The average molecular weight is 224 g/mol. The average Bonchev–Trinajstić information content (AvgIpc) is 2.66. The van der Waals surface area contributed by atoms with Crippen LogP contribution in [0.2, 0.25) is 0 Å². The number of nitrogens with two attached hydrogens (primary N) is 1. The van der Waals surface area contributed by atoms with Gasteiger partial charge in [-0.05, 0) is 26.7 Å². The quantitative estimate of drug-likeness (QED) is 0.784. The van der Waals surface area contributed by atoms with Crippen LogP contribution in [-0.2, 0) is 5.60 Å². The maximum atomic E-state index is 9.82. The highest BCUT2D eigenvalue weighted by molar-refractivity contribution is 5.04. The Labute approximate surface area is 95.6 Å². The molecule has 5 heteroatoms. The summed E-state index contributed by atoms with van der Waals surface area (Å²) in [6.07, 6.45) is 6.30. The molecule has 2 rings (SSSR count). The zero-order valence-corrected chi connectivity index (χ0v) is 9.93. The van der Waals surface area contributed by atoms with E-state index in [9.17, 15) is 5.11 Å². The third kappa shape index (κ3) is 2.25. The van der Waals surface area contributed by atoms with Crippen molar-refractivity contribution in [1.29, 1.82) is 0 Å². The summed E-state index contributed by atoms with van der Waals surface area (Å²) in [5, 5.41) is 17.9. The van der Waals surface area contributed by atoms with Crippen molar-refractivity contribution in [2.45, 2.75) is 57.2 Å². The van der Waals surface area contributed by atoms with Crippen LogP contribution in [0.15, 0.2) is 6.20 Å². The minimum absolute atomic E-state index is 0.158. The van der Waals surface area contributed by atoms with Crippen LogP contribution in [0.4, 0.5) is 0 Å². The first-order chi connectivity index (χ1) is 7.48. The predicted octanol–water partition coefficient (Wildman–Crippen LogP) is 0.948. The zero-order valence-electron chi connectivity index (χ0n) is 9.93. The molecule has 2 atom stereocenters. The number of rotatable bonds is 2. The molecular weight excluding hydrogens is 204 g/mol. The van der Waals surface area contributed by atoms with Crippen LogP contribution in [0, 0.1) is 0 Å². The van der Waals surface area contributed by atoms with Crippen molar-refractivity contribution in [3.05, 3.63) is 11.9 Å². The van der Waals surface area contributed by atoms with Gasteiger partial charge in [-0.1, -0.05) is 18.1 Å². The van der Waals surface area contributed by atoms with E-state index < -0.39 is 5.60 Å². The van der Waals surface area contributed by atoms with Crippen molar-refractivity contribution in [2.24, 2.45) is 5.73 Å². The predicted molar refractivity (Wildman–Crippen MR) is 60.7 cm³/mol. The molecule has 0 aliphatic heterocycles. The molecule has 0 amide bonds. The smallest absolute Gasteiger partial charge is 0.114 e. The van der Waals surface area contributed by atoms with Gasteiger partial charge >= 0.3 is 0 Å². The van der Waals surface area contributed by atoms with Crippen LogP contribution in [0.25, 0.3) is 0 Å². The molecule has 1 heterocycles. The minimum atomic E-state index is -0.934. The van der Waals surface area contributed by atoms with Gasteiger partial charge in [0.25, 0.3) is 0 Å². The lowest BCUT2D eigenvalue weighted by Gasteiger charge is -2.28. The van der Waals surface area contributed by atoms with E-state index in [2.05, 4.69) is 10.3 Å². The summed E-state index contributed by atoms with van der Waals surface area (Å²) in [4.78, 5) is 0. The summed E-state index contributed by atoms with van der Waals surface area (Å²) in [5.74, 6) is 0. The van der Waals surface area contributed by atoms with Gasteiger partial charge in [0.15, 0.2) is 0 Å². The van der Waals surface area contributed by atoms with Crippen molar-refractivity contribution in [3.63, 3.8) is 0 Å². The number of aliphatic hydroxyl groups is 1. The Kier molecular flexibility index (Phi) is 2.99. The highest BCUT2D eigenvalue weighted by Crippen LogP contribution is 2.27. The molecule has 0 bridgehead atoms. The van der Waals surface area contributed by atoms with Crippen LogP contribution in [0.1, 0.15) is 51.3 Å². The second-order valence-electron chi connectivity index (χ2n) is 5.16. The lowest BCUT2D eigenvalue weighted by atomic mass is 9.91. The summed E-state index contributed by atoms with van der Waals surface area (Å²) < 4.78 is 1.82. The molecule has 1 saturated carbocycles. The highest BCUT2D eigenvalue weighted by Gasteiger charge is 2.27. The van der Waals surface area contributed by atoms with Crippen LogP contribution >= 0.6 is 0 Å². The van der Waals surface area contributed by atoms with Gasteiger partial charge < -0.3 is 10.8 Å². The Bertz CT molecular complexity index is 355. The van der Waals surface area contributed by atoms with E-state index in [1.165, 1.54) is 12.8 Å². The van der Waals surface area contributed by atoms with Crippen molar-refractivity contribution in [2.75, 3.05) is 0 Å². The molecule has 0 radical (unpaired) electrons. The fraction of sp³-hybridized carbons (Fsp3) is 0.818. The minimum Gasteiger partial charge on any atom is -0.384 e. The van der Waals surface area contributed by atoms with Crippen LogP contribution in [0.5, 0.6) is 0 Å². The molecule has 1 fully saturated rings. The molecule has 0 unspecified atom stereocenters. The van der Waals surface area contributed by atoms with Gasteiger partial charge in [0.05, 0.1) is 12.2 Å². The Balaban J connectivity index is 2.18. The van der Waals surface area contributed by atoms with Crippen molar-refractivity contribution in [1.82, 2.24) is 15.0 Å². The number of nitrogens with zero attached hydrogens (tertiary/aromatic N) is 3. The van der Waals surface area contributed by atoms with Crippen molar-refractivity contribution >= 4 is 0 Å². The van der Waals surface area contributed by atoms with Crippen LogP contribution in [0.3, 0.4) is 0 Å². The third-order valence-corrected chi connectivity index (χ3v) is 3.26. The third-order valence-electron chi connectivity index (χ3n) is 3.26. The molecule has 1 aromatic rings. The standard InChI is InChI=1S/C11H20N4O/c1-11(2,16)10-7-15(14-13-10)9-6-4-3-5-8(9)12/h7-9,16H,3-6,12H2,1-2H3/t8-,9+/m1/s1. The monoisotopic (exact) mass is 224 g/mol. The molecule has 3 N–H and O–H groups in total. The molecule has 5 nitrogen and oxygen atoms in total. The van der Waals surface area contributed by atoms with Crippen molar-refractivity contribution < 1.29 is 5.11 Å². The number of aromatic nitrogens is 3. The summed E-state index contributed by atoms with van der Waals surface area (Å²) in [7, 11) is 0. The molecule has 1 aliphatic carbocycles. The summed E-state index contributed by atoms with van der Waals surface area (Å²) in [6.45, 7) is 3.42. The van der Waals surface area contributed by atoms with Gasteiger partial charge in [-0.3, -0.25) is 0 Å². The summed E-state index contributed by atoms with van der Waals surface area (Å²) >= 11 is 0. The largest absolute Gasteiger partial charge is 0.384 e. The molecule has 0 saturated heterocycles. The Hall–Kier alpha value is -0.940. The van der Waals surface area contributed by atoms with E-state index >= 15 is 0 Å². The van der Waals surface area contributed by atoms with Gasteiger partial charge in [-0.2, -0.15) is 0 Å². The maximum Gasteiger partial charge on any atom is 0.114 e. The maximum absolute atomic E-state index is 9.82. The lowest BCUT2D eigenvalue weighted by Crippen LogP contribution is -2.35. The number of hydrogen-bond acceptors (Lipinski definition) is 4.